The van der Waals surface area contributed by atoms with Gasteiger partial charge in [0.05, 0.1) is 11.6 Å². The highest BCUT2D eigenvalue weighted by Crippen LogP contribution is 2.22. The van der Waals surface area contributed by atoms with Gasteiger partial charge in [0.1, 0.15) is 11.0 Å². The van der Waals surface area contributed by atoms with Crippen molar-refractivity contribution in [2.45, 2.75) is 32.2 Å². The van der Waals surface area contributed by atoms with Crippen molar-refractivity contribution in [3.63, 3.8) is 0 Å². The van der Waals surface area contributed by atoms with Crippen LogP contribution in [0.5, 0.6) is 0 Å². The summed E-state index contributed by atoms with van der Waals surface area (Å²) in [5.41, 5.74) is 0.217. The molecule has 1 rings (SSSR count). The second-order valence-corrected chi connectivity index (χ2v) is 4.58. The summed E-state index contributed by atoms with van der Waals surface area (Å²) in [7, 11) is 0. The Morgan fingerprint density at radius 3 is 2.82 bits per heavy atom. The zero-order valence-electron chi connectivity index (χ0n) is 10.00. The first kappa shape index (κ1) is 13.8. The fourth-order valence-electron chi connectivity index (χ4n) is 1.51. The normalized spacial score (nSPS) is 13.8. The molecule has 0 aromatic carbocycles. The first-order valence-corrected chi connectivity index (χ1v) is 5.87. The van der Waals surface area contributed by atoms with Crippen LogP contribution >= 0.6 is 11.6 Å². The molecule has 0 aliphatic rings. The van der Waals surface area contributed by atoms with Crippen LogP contribution in [0.2, 0.25) is 5.15 Å². The van der Waals surface area contributed by atoms with Crippen LogP contribution in [0.4, 0.5) is 5.82 Å². The highest BCUT2D eigenvalue weighted by atomic mass is 35.5. The van der Waals surface area contributed by atoms with Gasteiger partial charge in [0, 0.05) is 12.1 Å². The van der Waals surface area contributed by atoms with Crippen molar-refractivity contribution in [3.05, 3.63) is 22.8 Å². The first-order chi connectivity index (χ1) is 8.03. The number of anilines is 1. The Balaban J connectivity index is 2.94. The molecule has 1 unspecified atom stereocenters. The lowest BCUT2D eigenvalue weighted by Crippen LogP contribution is -2.35. The van der Waals surface area contributed by atoms with Crippen molar-refractivity contribution >= 4 is 17.4 Å². The van der Waals surface area contributed by atoms with Crippen molar-refractivity contribution in [2.24, 2.45) is 0 Å². The second kappa shape index (κ2) is 5.85. The van der Waals surface area contributed by atoms with Crippen LogP contribution < -0.4 is 5.32 Å². The van der Waals surface area contributed by atoms with E-state index in [0.29, 0.717) is 17.8 Å². The van der Waals surface area contributed by atoms with Crippen LogP contribution in [0, 0.1) is 11.3 Å². The smallest absolute Gasteiger partial charge is 0.132 e. The summed E-state index contributed by atoms with van der Waals surface area (Å²) in [6.07, 6.45) is 1.45. The zero-order chi connectivity index (χ0) is 12.9. The van der Waals surface area contributed by atoms with E-state index in [2.05, 4.69) is 10.3 Å². The second-order valence-electron chi connectivity index (χ2n) is 4.19. The Hall–Kier alpha value is -1.31. The molecule has 2 N–H and O–H groups in total. The molecule has 0 aliphatic carbocycles. The molecule has 1 atom stereocenters. The highest BCUT2D eigenvalue weighted by molar-refractivity contribution is 6.29. The van der Waals surface area contributed by atoms with Gasteiger partial charge < -0.3 is 10.4 Å². The molecular formula is C12H16ClN3O. The van der Waals surface area contributed by atoms with E-state index in [1.54, 1.807) is 6.07 Å². The summed E-state index contributed by atoms with van der Waals surface area (Å²) < 4.78 is 0. The number of hydrogen-bond acceptors (Lipinski definition) is 4. The van der Waals surface area contributed by atoms with Crippen LogP contribution in [0.3, 0.4) is 0 Å². The Morgan fingerprint density at radius 2 is 2.29 bits per heavy atom. The number of rotatable bonds is 5. The van der Waals surface area contributed by atoms with E-state index in [4.69, 9.17) is 22.0 Å². The third-order valence-electron chi connectivity index (χ3n) is 2.80. The van der Waals surface area contributed by atoms with E-state index in [1.807, 2.05) is 19.9 Å². The van der Waals surface area contributed by atoms with E-state index in [0.717, 1.165) is 6.42 Å². The summed E-state index contributed by atoms with van der Waals surface area (Å²) >= 11 is 5.83. The number of aliphatic hydroxyl groups is 1. The molecule has 92 valence electrons. The topological polar surface area (TPSA) is 68.9 Å². The van der Waals surface area contributed by atoms with Gasteiger partial charge in [-0.1, -0.05) is 18.5 Å². The number of nitrogens with one attached hydrogen (secondary N) is 1. The average molecular weight is 254 g/mol. The van der Waals surface area contributed by atoms with Crippen LogP contribution in [0.15, 0.2) is 12.1 Å². The van der Waals surface area contributed by atoms with Gasteiger partial charge in [0.2, 0.25) is 0 Å². The molecule has 1 aromatic rings. The highest BCUT2D eigenvalue weighted by Gasteiger charge is 2.21. The largest absolute Gasteiger partial charge is 0.396 e. The minimum absolute atomic E-state index is 0.100. The SMILES string of the molecule is CCC(C)(CCO)Nc1cc(C#N)cc(Cl)n1. The molecule has 0 radical (unpaired) electrons. The fraction of sp³-hybridized carbons (Fsp3) is 0.500. The van der Waals surface area contributed by atoms with Gasteiger partial charge >= 0.3 is 0 Å². The summed E-state index contributed by atoms with van der Waals surface area (Å²) in [5, 5.41) is 21.4. The Morgan fingerprint density at radius 1 is 1.59 bits per heavy atom. The maximum absolute atomic E-state index is 9.03. The van der Waals surface area contributed by atoms with Gasteiger partial charge in [-0.2, -0.15) is 5.26 Å². The fourth-order valence-corrected chi connectivity index (χ4v) is 1.72. The summed E-state index contributed by atoms with van der Waals surface area (Å²) in [6.45, 7) is 4.12. The molecule has 0 spiro atoms. The molecule has 0 fully saturated rings. The predicted octanol–water partition coefficient (Wildman–Crippen LogP) is 2.57. The zero-order valence-corrected chi connectivity index (χ0v) is 10.8. The van der Waals surface area contributed by atoms with Crippen molar-refractivity contribution in [1.29, 1.82) is 5.26 Å². The van der Waals surface area contributed by atoms with Crippen LogP contribution in [0.25, 0.3) is 0 Å². The van der Waals surface area contributed by atoms with E-state index < -0.39 is 0 Å². The number of pyridine rings is 1. The Bertz CT molecular complexity index is 430. The van der Waals surface area contributed by atoms with Crippen LogP contribution in [-0.2, 0) is 0 Å². The molecule has 0 aliphatic heterocycles. The quantitative estimate of drug-likeness (QED) is 0.792. The van der Waals surface area contributed by atoms with Crippen LogP contribution in [0.1, 0.15) is 32.3 Å². The minimum atomic E-state index is -0.251. The van der Waals surface area contributed by atoms with Gasteiger partial charge in [-0.3, -0.25) is 0 Å². The maximum Gasteiger partial charge on any atom is 0.132 e. The Kier molecular flexibility index (Phi) is 4.73. The van der Waals surface area contributed by atoms with Crippen LogP contribution in [-0.4, -0.2) is 22.2 Å². The molecule has 1 aromatic heterocycles. The predicted molar refractivity (Wildman–Crippen MR) is 68.0 cm³/mol. The standard InChI is InChI=1S/C12H16ClN3O/c1-3-12(2,4-5-17)16-11-7-9(8-14)6-10(13)15-11/h6-7,17H,3-5H2,1-2H3,(H,15,16). The molecule has 5 heteroatoms. The number of hydrogen-bond donors (Lipinski definition) is 2. The van der Waals surface area contributed by atoms with Gasteiger partial charge in [0.15, 0.2) is 0 Å². The van der Waals surface area contributed by atoms with E-state index in [-0.39, 0.29) is 17.3 Å². The third kappa shape index (κ3) is 3.88. The monoisotopic (exact) mass is 253 g/mol. The minimum Gasteiger partial charge on any atom is -0.396 e. The molecule has 0 saturated carbocycles. The van der Waals surface area contributed by atoms with E-state index >= 15 is 0 Å². The molecule has 1 heterocycles. The van der Waals surface area contributed by atoms with Gasteiger partial charge in [-0.15, -0.1) is 0 Å². The number of nitrogens with zero attached hydrogens (tertiary/aromatic N) is 2. The van der Waals surface area contributed by atoms with Gasteiger partial charge in [-0.05, 0) is 31.9 Å². The first-order valence-electron chi connectivity index (χ1n) is 5.49. The average Bonchev–Trinajstić information content (AvgIpc) is 2.28. The number of aromatic nitrogens is 1. The van der Waals surface area contributed by atoms with Gasteiger partial charge in [0.25, 0.3) is 0 Å². The van der Waals surface area contributed by atoms with Gasteiger partial charge in [-0.25, -0.2) is 4.98 Å². The number of halogens is 1. The van der Waals surface area contributed by atoms with Crippen molar-refractivity contribution in [2.75, 3.05) is 11.9 Å². The van der Waals surface area contributed by atoms with E-state index in [1.165, 1.54) is 6.07 Å². The Labute approximate surface area is 106 Å². The molecule has 0 saturated heterocycles. The maximum atomic E-state index is 9.03. The number of aliphatic hydroxyl groups excluding tert-OH is 1. The summed E-state index contributed by atoms with van der Waals surface area (Å²) in [5.74, 6) is 0.562. The molecule has 17 heavy (non-hydrogen) atoms. The number of nitriles is 1. The molecule has 0 bridgehead atoms. The lowest BCUT2D eigenvalue weighted by Gasteiger charge is -2.29. The third-order valence-corrected chi connectivity index (χ3v) is 2.99. The molecule has 0 amide bonds. The lowest BCUT2D eigenvalue weighted by molar-refractivity contribution is 0.252. The summed E-state index contributed by atoms with van der Waals surface area (Å²) in [6, 6.07) is 5.20. The van der Waals surface area contributed by atoms with Crippen molar-refractivity contribution in [1.82, 2.24) is 4.98 Å². The molecular weight excluding hydrogens is 238 g/mol. The van der Waals surface area contributed by atoms with Crippen molar-refractivity contribution in [3.8, 4) is 6.07 Å². The van der Waals surface area contributed by atoms with Crippen molar-refractivity contribution < 1.29 is 5.11 Å². The summed E-state index contributed by atoms with van der Waals surface area (Å²) in [4.78, 5) is 4.12. The lowest BCUT2D eigenvalue weighted by atomic mass is 9.95. The molecule has 4 nitrogen and oxygen atoms in total. The van der Waals surface area contributed by atoms with E-state index in [9.17, 15) is 0 Å².